The Hall–Kier alpha value is -0.540. The molecule has 1 heterocycles. The van der Waals surface area contributed by atoms with Gasteiger partial charge in [-0.05, 0) is 55.3 Å². The molecule has 0 unspecified atom stereocenters. The molecule has 1 aromatic heterocycles. The second kappa shape index (κ2) is 5.69. The number of rotatable bonds is 4. The molecule has 0 atom stereocenters. The highest BCUT2D eigenvalue weighted by Gasteiger charge is 2.09. The Morgan fingerprint density at radius 3 is 2.62 bits per heavy atom. The van der Waals surface area contributed by atoms with Gasteiger partial charge < -0.3 is 9.73 Å². The maximum atomic E-state index is 5.38. The van der Waals surface area contributed by atoms with Crippen molar-refractivity contribution >= 4 is 22.0 Å². The molecule has 16 heavy (non-hydrogen) atoms. The normalized spacial score (nSPS) is 13.2. The monoisotopic (exact) mass is 285 g/mol. The van der Waals surface area contributed by atoms with E-state index in [1.807, 2.05) is 6.07 Å². The third-order valence-electron chi connectivity index (χ3n) is 2.28. The lowest BCUT2D eigenvalue weighted by Crippen LogP contribution is -2.36. The lowest BCUT2D eigenvalue weighted by Gasteiger charge is -2.21. The molecule has 0 saturated carbocycles. The van der Waals surface area contributed by atoms with Gasteiger partial charge in [-0.3, -0.25) is 0 Å². The van der Waals surface area contributed by atoms with E-state index in [1.165, 1.54) is 5.57 Å². The van der Waals surface area contributed by atoms with E-state index in [2.05, 4.69) is 55.0 Å². The van der Waals surface area contributed by atoms with Crippen molar-refractivity contribution in [2.75, 3.05) is 6.54 Å². The second-order valence-corrected chi connectivity index (χ2v) is 5.75. The van der Waals surface area contributed by atoms with Crippen molar-refractivity contribution in [1.29, 1.82) is 0 Å². The van der Waals surface area contributed by atoms with Crippen LogP contribution in [0.15, 0.2) is 26.8 Å². The molecular formula is C13H20BrNO. The molecule has 0 amide bonds. The van der Waals surface area contributed by atoms with Gasteiger partial charge in [0.25, 0.3) is 0 Å². The van der Waals surface area contributed by atoms with E-state index in [0.29, 0.717) is 0 Å². The summed E-state index contributed by atoms with van der Waals surface area (Å²) in [7, 11) is 0. The summed E-state index contributed by atoms with van der Waals surface area (Å²) >= 11 is 3.46. The minimum atomic E-state index is 0.147. The summed E-state index contributed by atoms with van der Waals surface area (Å²) in [6.07, 6.45) is 4.82. The Labute approximate surface area is 106 Å². The van der Waals surface area contributed by atoms with Gasteiger partial charge in [0.05, 0.1) is 10.7 Å². The van der Waals surface area contributed by atoms with Crippen molar-refractivity contribution in [3.8, 4) is 0 Å². The van der Waals surface area contributed by atoms with Crippen LogP contribution in [0.25, 0.3) is 6.08 Å². The van der Waals surface area contributed by atoms with E-state index in [1.54, 1.807) is 6.26 Å². The molecule has 1 aromatic rings. The quantitative estimate of drug-likeness (QED) is 0.896. The van der Waals surface area contributed by atoms with Gasteiger partial charge in [-0.15, -0.1) is 0 Å². The summed E-state index contributed by atoms with van der Waals surface area (Å²) in [5.74, 6) is 0.896. The zero-order chi connectivity index (χ0) is 12.2. The largest absolute Gasteiger partial charge is 0.464 e. The zero-order valence-corrected chi connectivity index (χ0v) is 12.0. The first-order valence-electron chi connectivity index (χ1n) is 5.60. The highest BCUT2D eigenvalue weighted by Crippen LogP contribution is 2.21. The van der Waals surface area contributed by atoms with Crippen molar-refractivity contribution in [3.05, 3.63) is 28.1 Å². The topological polar surface area (TPSA) is 25.2 Å². The summed E-state index contributed by atoms with van der Waals surface area (Å²) in [5, 5.41) is 3.48. The van der Waals surface area contributed by atoms with Gasteiger partial charge in [-0.2, -0.15) is 0 Å². The number of nitrogens with one attached hydrogen (secondary N) is 1. The van der Waals surface area contributed by atoms with Crippen molar-refractivity contribution in [1.82, 2.24) is 5.32 Å². The molecule has 90 valence electrons. The molecule has 0 saturated heterocycles. The predicted molar refractivity (Wildman–Crippen MR) is 72.4 cm³/mol. The fourth-order valence-electron chi connectivity index (χ4n) is 1.25. The lowest BCUT2D eigenvalue weighted by atomic mass is 10.1. The molecule has 0 radical (unpaired) electrons. The third kappa shape index (κ3) is 4.54. The van der Waals surface area contributed by atoms with Crippen LogP contribution in [0.5, 0.6) is 0 Å². The first-order valence-corrected chi connectivity index (χ1v) is 6.39. The Bertz CT molecular complexity index is 360. The second-order valence-electron chi connectivity index (χ2n) is 4.89. The van der Waals surface area contributed by atoms with E-state index in [4.69, 9.17) is 4.42 Å². The molecule has 1 rings (SSSR count). The number of hydrogen-bond acceptors (Lipinski definition) is 2. The Morgan fingerprint density at radius 2 is 2.19 bits per heavy atom. The molecule has 0 spiro atoms. The highest BCUT2D eigenvalue weighted by molar-refractivity contribution is 9.10. The predicted octanol–water partition coefficient (Wildman–Crippen LogP) is 4.22. The number of halogens is 1. The van der Waals surface area contributed by atoms with E-state index in [9.17, 15) is 0 Å². The van der Waals surface area contributed by atoms with Crippen LogP contribution >= 0.6 is 15.9 Å². The Morgan fingerprint density at radius 1 is 1.50 bits per heavy atom. The lowest BCUT2D eigenvalue weighted by molar-refractivity contribution is 0.442. The van der Waals surface area contributed by atoms with Gasteiger partial charge >= 0.3 is 0 Å². The van der Waals surface area contributed by atoms with E-state index < -0.39 is 0 Å². The van der Waals surface area contributed by atoms with Crippen LogP contribution in [-0.4, -0.2) is 12.1 Å². The summed E-state index contributed by atoms with van der Waals surface area (Å²) < 4.78 is 6.39. The molecule has 1 N–H and O–H groups in total. The molecular weight excluding hydrogens is 266 g/mol. The molecule has 3 heteroatoms. The molecule has 0 aromatic carbocycles. The fraction of sp³-hybridized carbons (Fsp3) is 0.538. The zero-order valence-electron chi connectivity index (χ0n) is 10.4. The maximum Gasteiger partial charge on any atom is 0.140 e. The smallest absolute Gasteiger partial charge is 0.140 e. The van der Waals surface area contributed by atoms with Gasteiger partial charge in [0.15, 0.2) is 0 Å². The van der Waals surface area contributed by atoms with Crippen molar-refractivity contribution in [3.63, 3.8) is 0 Å². The van der Waals surface area contributed by atoms with Crippen LogP contribution in [0.1, 0.15) is 39.9 Å². The molecule has 0 aliphatic rings. The first-order chi connectivity index (χ1) is 7.42. The summed E-state index contributed by atoms with van der Waals surface area (Å²) in [6, 6.07) is 1.91. The average Bonchev–Trinajstić information content (AvgIpc) is 2.57. The van der Waals surface area contributed by atoms with Crippen molar-refractivity contribution < 1.29 is 4.42 Å². The molecule has 0 bridgehead atoms. The molecule has 0 aliphatic carbocycles. The standard InChI is InChI=1S/C13H20BrNO/c1-5-10(9-15-13(2,3)4)8-12-11(14)6-7-16-12/h6-8,15H,5,9H2,1-4H3/b10-8-. The third-order valence-corrected chi connectivity index (χ3v) is 2.94. The maximum absolute atomic E-state index is 5.38. The highest BCUT2D eigenvalue weighted by atomic mass is 79.9. The molecule has 0 fully saturated rings. The van der Waals surface area contributed by atoms with Crippen LogP contribution in [0.4, 0.5) is 0 Å². The van der Waals surface area contributed by atoms with Crippen LogP contribution < -0.4 is 5.32 Å². The van der Waals surface area contributed by atoms with Crippen molar-refractivity contribution in [2.45, 2.75) is 39.7 Å². The summed E-state index contributed by atoms with van der Waals surface area (Å²) in [6.45, 7) is 9.56. The summed E-state index contributed by atoms with van der Waals surface area (Å²) in [4.78, 5) is 0. The van der Waals surface area contributed by atoms with Crippen molar-refractivity contribution in [2.24, 2.45) is 0 Å². The van der Waals surface area contributed by atoms with E-state index in [-0.39, 0.29) is 5.54 Å². The van der Waals surface area contributed by atoms with Gasteiger partial charge in [-0.1, -0.05) is 12.5 Å². The number of hydrogen-bond donors (Lipinski definition) is 1. The minimum absolute atomic E-state index is 0.147. The Kier molecular flexibility index (Phi) is 4.81. The van der Waals surface area contributed by atoms with E-state index >= 15 is 0 Å². The van der Waals surface area contributed by atoms with Gasteiger partial charge in [-0.25, -0.2) is 0 Å². The molecule has 0 aliphatic heterocycles. The number of furan rings is 1. The van der Waals surface area contributed by atoms with Gasteiger partial charge in [0.2, 0.25) is 0 Å². The summed E-state index contributed by atoms with van der Waals surface area (Å²) in [5.41, 5.74) is 1.49. The van der Waals surface area contributed by atoms with Crippen LogP contribution in [0.2, 0.25) is 0 Å². The van der Waals surface area contributed by atoms with Crippen LogP contribution in [0, 0.1) is 0 Å². The van der Waals surface area contributed by atoms with Gasteiger partial charge in [0.1, 0.15) is 5.76 Å². The first kappa shape index (κ1) is 13.5. The van der Waals surface area contributed by atoms with Crippen LogP contribution in [0.3, 0.4) is 0 Å². The Balaban J connectivity index is 2.68. The SMILES string of the molecule is CC/C(=C/c1occc1Br)CNC(C)(C)C. The fourth-order valence-corrected chi connectivity index (χ4v) is 1.57. The van der Waals surface area contributed by atoms with E-state index in [0.717, 1.165) is 23.2 Å². The minimum Gasteiger partial charge on any atom is -0.464 e. The van der Waals surface area contributed by atoms with Crippen LogP contribution in [-0.2, 0) is 0 Å². The molecule has 2 nitrogen and oxygen atoms in total. The van der Waals surface area contributed by atoms with Gasteiger partial charge in [0, 0.05) is 12.1 Å². The average molecular weight is 286 g/mol.